The molecule has 2 aromatic carbocycles. The zero-order chi connectivity index (χ0) is 31.4. The van der Waals surface area contributed by atoms with E-state index >= 15 is 0 Å². The average Bonchev–Trinajstić information content (AvgIpc) is 3.62. The number of benzene rings is 2. The van der Waals surface area contributed by atoms with Crippen LogP contribution in [0.2, 0.25) is 0 Å². The van der Waals surface area contributed by atoms with Gasteiger partial charge in [-0.15, -0.1) is 5.01 Å². The quantitative estimate of drug-likeness (QED) is 0.0877. The molecule has 230 valence electrons. The fourth-order valence-corrected chi connectivity index (χ4v) is 4.66. The summed E-state index contributed by atoms with van der Waals surface area (Å²) in [6.45, 7) is 0.592. The van der Waals surface area contributed by atoms with Gasteiger partial charge in [0.15, 0.2) is 11.7 Å². The van der Waals surface area contributed by atoms with Gasteiger partial charge in [0.1, 0.15) is 6.61 Å². The second kappa shape index (κ2) is 12.7. The largest absolute Gasteiger partial charge is 0.569 e. The molecule has 0 saturated carbocycles. The van der Waals surface area contributed by atoms with Gasteiger partial charge in [0.25, 0.3) is 6.79 Å². The predicted octanol–water partition coefficient (Wildman–Crippen LogP) is 3.04. The number of alkyl halides is 3. The van der Waals surface area contributed by atoms with Gasteiger partial charge in [0.05, 0.1) is 27.8 Å². The number of nitrogens with two attached hydrogens (primary N) is 1. The van der Waals surface area contributed by atoms with Crippen LogP contribution in [0.4, 0.5) is 13.2 Å². The van der Waals surface area contributed by atoms with Gasteiger partial charge in [-0.2, -0.15) is 18.3 Å². The van der Waals surface area contributed by atoms with Gasteiger partial charge in [0, 0.05) is 12.5 Å². The first-order valence-corrected chi connectivity index (χ1v) is 14.0. The second-order valence-electron chi connectivity index (χ2n) is 9.21. The number of carbonyl (C=O) groups excluding carboxylic acids is 2. The average molecular weight is 627 g/mol. The van der Waals surface area contributed by atoms with E-state index in [9.17, 15) is 36.4 Å². The number of hydrazine groups is 1. The summed E-state index contributed by atoms with van der Waals surface area (Å²) in [5.74, 6) is -1.33. The maximum absolute atomic E-state index is 13.5. The van der Waals surface area contributed by atoms with E-state index in [1.807, 2.05) is 0 Å². The minimum Gasteiger partial charge on any atom is -0.569 e. The fraction of sp³-hybridized carbons (Fsp3) is 0.320. The zero-order valence-electron chi connectivity index (χ0n) is 22.4. The van der Waals surface area contributed by atoms with Crippen LogP contribution < -0.4 is 5.14 Å². The molecule has 1 fully saturated rings. The lowest BCUT2D eigenvalue weighted by Gasteiger charge is -2.18. The van der Waals surface area contributed by atoms with E-state index in [1.165, 1.54) is 24.3 Å². The van der Waals surface area contributed by atoms with Crippen LogP contribution in [0.1, 0.15) is 31.0 Å². The predicted molar refractivity (Wildman–Crippen MR) is 139 cm³/mol. The summed E-state index contributed by atoms with van der Waals surface area (Å²) < 4.78 is 74.5. The third kappa shape index (κ3) is 7.77. The smallest absolute Gasteiger partial charge is 0.435 e. The molecule has 18 heteroatoms. The summed E-state index contributed by atoms with van der Waals surface area (Å²) in [4.78, 5) is 27.9. The van der Waals surface area contributed by atoms with Crippen molar-refractivity contribution in [1.82, 2.24) is 14.8 Å². The summed E-state index contributed by atoms with van der Waals surface area (Å²) in [5.41, 5.74) is -0.0837. The van der Waals surface area contributed by atoms with Gasteiger partial charge in [-0.3, -0.25) is 4.79 Å². The number of esters is 2. The molecule has 0 radical (unpaired) electrons. The number of carbonyl (C=O) groups is 2. The van der Waals surface area contributed by atoms with Gasteiger partial charge in [-0.1, -0.05) is 24.3 Å². The molecule has 0 spiro atoms. The Morgan fingerprint density at radius 1 is 1.14 bits per heavy atom. The van der Waals surface area contributed by atoms with Gasteiger partial charge in [0.2, 0.25) is 15.3 Å². The van der Waals surface area contributed by atoms with E-state index in [0.717, 1.165) is 34.8 Å². The van der Waals surface area contributed by atoms with Crippen LogP contribution in [-0.2, 0) is 46.7 Å². The molecule has 4 rings (SSSR count). The lowest BCUT2D eigenvalue weighted by atomic mass is 10.1. The number of ether oxygens (including phenoxy) is 2. The second-order valence-corrected chi connectivity index (χ2v) is 10.8. The third-order valence-electron chi connectivity index (χ3n) is 6.20. The monoisotopic (exact) mass is 626 g/mol. The number of primary sulfonamides is 1. The maximum atomic E-state index is 13.5. The molecule has 43 heavy (non-hydrogen) atoms. The first-order valence-electron chi connectivity index (χ1n) is 12.5. The normalized spacial score (nSPS) is 15.8. The van der Waals surface area contributed by atoms with Crippen LogP contribution in [0.15, 0.2) is 64.8 Å². The molecule has 2 N–H and O–H groups in total. The summed E-state index contributed by atoms with van der Waals surface area (Å²) in [5, 5.41) is 25.3. The molecule has 2 heterocycles. The van der Waals surface area contributed by atoms with Crippen molar-refractivity contribution in [3.8, 4) is 16.9 Å². The van der Waals surface area contributed by atoms with E-state index in [2.05, 4.69) is 20.0 Å². The molecule has 0 aliphatic carbocycles. The third-order valence-corrected chi connectivity index (χ3v) is 7.13. The van der Waals surface area contributed by atoms with Gasteiger partial charge in [-0.05, 0) is 48.7 Å². The topological polar surface area (TPSA) is 181 Å². The molecule has 1 unspecified atom stereocenters. The Bertz CT molecular complexity index is 1610. The highest BCUT2D eigenvalue weighted by atomic mass is 32.2. The molecule has 1 aliphatic heterocycles. The molecule has 1 atom stereocenters. The van der Waals surface area contributed by atoms with Crippen molar-refractivity contribution in [2.24, 2.45) is 10.4 Å². The maximum Gasteiger partial charge on any atom is 0.435 e. The SMILES string of the molecule is CC(=O)OCO/N=[N+](\[O-])N1CCCC1C(=O)OCc1ccc(-c2cc(C(F)(F)F)nn2-c2ccc(S(N)(=O)=O)cc2)cc1. The minimum absolute atomic E-state index is 0.0658. The Hall–Kier alpha value is -4.71. The Morgan fingerprint density at radius 2 is 1.81 bits per heavy atom. The number of hydrogen-bond acceptors (Lipinski definition) is 10. The van der Waals surface area contributed by atoms with Crippen molar-refractivity contribution in [2.45, 2.75) is 43.5 Å². The Morgan fingerprint density at radius 3 is 2.42 bits per heavy atom. The fourth-order valence-electron chi connectivity index (χ4n) is 4.15. The Labute approximate surface area is 242 Å². The Balaban J connectivity index is 1.46. The van der Waals surface area contributed by atoms with Crippen LogP contribution in [0, 0.1) is 5.21 Å². The zero-order valence-corrected chi connectivity index (χ0v) is 23.2. The lowest BCUT2D eigenvalue weighted by molar-refractivity contribution is -0.712. The van der Waals surface area contributed by atoms with E-state index in [1.54, 1.807) is 12.1 Å². The van der Waals surface area contributed by atoms with E-state index in [-0.39, 0.29) is 34.4 Å². The number of halogens is 3. The Kier molecular flexibility index (Phi) is 9.19. The standard InChI is InChI=1S/C25H25F3N6O8S/c1-16(35)41-15-42-31-34(37)32-12-2-3-21(32)24(36)40-14-17-4-6-18(7-5-17)22-13-23(25(26,27)28)30-33(22)19-8-10-20(11-9-19)43(29,38)39/h4-11,13,21H,2-3,12,14-15H2,1H3,(H2,29,38,39)/b34-31-. The van der Waals surface area contributed by atoms with E-state index in [4.69, 9.17) is 9.88 Å². The van der Waals surface area contributed by atoms with E-state index < -0.39 is 46.7 Å². The van der Waals surface area contributed by atoms with Crippen molar-refractivity contribution in [1.29, 1.82) is 0 Å². The highest BCUT2D eigenvalue weighted by Gasteiger charge is 2.38. The van der Waals surface area contributed by atoms with Crippen LogP contribution in [0.5, 0.6) is 0 Å². The highest BCUT2D eigenvalue weighted by Crippen LogP contribution is 2.33. The molecule has 14 nitrogen and oxygen atoms in total. The summed E-state index contributed by atoms with van der Waals surface area (Å²) in [6.07, 6.45) is -3.92. The molecule has 3 aromatic rings. The minimum atomic E-state index is -4.75. The van der Waals surface area contributed by atoms with E-state index in [0.29, 0.717) is 24.0 Å². The van der Waals surface area contributed by atoms with Gasteiger partial charge < -0.3 is 19.5 Å². The number of nitrogens with zero attached hydrogens (tertiary/aromatic N) is 5. The summed E-state index contributed by atoms with van der Waals surface area (Å²) in [7, 11) is -4.01. The highest BCUT2D eigenvalue weighted by molar-refractivity contribution is 7.89. The van der Waals surface area contributed by atoms with Crippen LogP contribution in [0.25, 0.3) is 16.9 Å². The molecule has 0 bridgehead atoms. The van der Waals surface area contributed by atoms with Crippen molar-refractivity contribution < 1.29 is 50.5 Å². The summed E-state index contributed by atoms with van der Waals surface area (Å²) in [6, 6.07) is 10.9. The number of hydrogen-bond donors (Lipinski definition) is 1. The van der Waals surface area contributed by atoms with Crippen LogP contribution in [0.3, 0.4) is 0 Å². The first-order chi connectivity index (χ1) is 20.2. The number of aromatic nitrogens is 2. The van der Waals surface area contributed by atoms with Gasteiger partial charge >= 0.3 is 18.1 Å². The molecule has 1 saturated heterocycles. The van der Waals surface area contributed by atoms with Crippen LogP contribution in [-0.4, -0.2) is 59.5 Å². The molecular formula is C25H25F3N6O8S. The lowest BCUT2D eigenvalue weighted by Crippen LogP contribution is -2.41. The van der Waals surface area contributed by atoms with Crippen molar-refractivity contribution >= 4 is 22.0 Å². The van der Waals surface area contributed by atoms with Crippen LogP contribution >= 0.6 is 0 Å². The van der Waals surface area contributed by atoms with Crippen molar-refractivity contribution in [2.75, 3.05) is 13.3 Å². The molecule has 1 aliphatic rings. The van der Waals surface area contributed by atoms with Gasteiger partial charge in [-0.25, -0.2) is 23.0 Å². The molecule has 0 amide bonds. The first kappa shape index (κ1) is 31.2. The van der Waals surface area contributed by atoms with Crippen molar-refractivity contribution in [3.05, 3.63) is 71.1 Å². The summed E-state index contributed by atoms with van der Waals surface area (Å²) >= 11 is 0. The number of sulfonamides is 1. The van der Waals surface area contributed by atoms with Crippen molar-refractivity contribution in [3.63, 3.8) is 0 Å². The molecular weight excluding hydrogens is 601 g/mol. The number of rotatable bonds is 10. The molecule has 1 aromatic heterocycles.